The number of carbonyl (C=O) groups is 1. The summed E-state index contributed by atoms with van der Waals surface area (Å²) in [5.74, 6) is 1.45. The summed E-state index contributed by atoms with van der Waals surface area (Å²) in [6.45, 7) is 2.15. The summed E-state index contributed by atoms with van der Waals surface area (Å²) in [5.41, 5.74) is 0.868. The molecule has 1 amide bonds. The molecule has 6 heteroatoms. The van der Waals surface area contributed by atoms with Crippen LogP contribution in [0.5, 0.6) is 5.75 Å². The number of fused-ring (bicyclic) bond motifs is 1. The molecule has 0 fully saturated rings. The molecule has 1 heterocycles. The van der Waals surface area contributed by atoms with Crippen molar-refractivity contribution in [3.8, 4) is 17.1 Å². The van der Waals surface area contributed by atoms with E-state index in [0.29, 0.717) is 23.9 Å². The maximum atomic E-state index is 13.0. The van der Waals surface area contributed by atoms with Crippen LogP contribution in [0, 0.1) is 0 Å². The van der Waals surface area contributed by atoms with Gasteiger partial charge >= 0.3 is 0 Å². The molecule has 0 radical (unpaired) electrons. The van der Waals surface area contributed by atoms with Gasteiger partial charge in [-0.1, -0.05) is 78.8 Å². The van der Waals surface area contributed by atoms with E-state index in [0.717, 1.165) is 16.3 Å². The largest absolute Gasteiger partial charge is 0.480 e. The molecule has 1 aromatic heterocycles. The highest BCUT2D eigenvalue weighted by molar-refractivity contribution is 5.89. The molecule has 4 aromatic rings. The molecule has 0 saturated heterocycles. The van der Waals surface area contributed by atoms with Gasteiger partial charge in [-0.25, -0.2) is 0 Å². The maximum Gasteiger partial charge on any atom is 0.263 e. The van der Waals surface area contributed by atoms with Crippen LogP contribution < -0.4 is 4.74 Å². The van der Waals surface area contributed by atoms with Gasteiger partial charge in [0, 0.05) is 18.0 Å². The number of amides is 1. The van der Waals surface area contributed by atoms with Gasteiger partial charge in [0.1, 0.15) is 5.75 Å². The molecule has 3 aromatic carbocycles. The van der Waals surface area contributed by atoms with Crippen molar-refractivity contribution in [1.29, 1.82) is 0 Å². The third-order valence-electron chi connectivity index (χ3n) is 4.91. The maximum absolute atomic E-state index is 13.0. The van der Waals surface area contributed by atoms with Crippen molar-refractivity contribution in [2.24, 2.45) is 0 Å². The van der Waals surface area contributed by atoms with Crippen LogP contribution in [0.3, 0.4) is 0 Å². The Morgan fingerprint density at radius 1 is 1.03 bits per heavy atom. The number of hydrogen-bond donors (Lipinski definition) is 0. The van der Waals surface area contributed by atoms with E-state index in [1.165, 1.54) is 0 Å². The predicted molar refractivity (Wildman–Crippen MR) is 115 cm³/mol. The lowest BCUT2D eigenvalue weighted by Gasteiger charge is -2.23. The van der Waals surface area contributed by atoms with E-state index >= 15 is 0 Å². The molecule has 4 rings (SSSR count). The van der Waals surface area contributed by atoms with Crippen molar-refractivity contribution in [3.05, 3.63) is 78.7 Å². The summed E-state index contributed by atoms with van der Waals surface area (Å²) in [7, 11) is 1.71. The minimum Gasteiger partial charge on any atom is -0.480 e. The van der Waals surface area contributed by atoms with E-state index < -0.39 is 6.10 Å². The molecule has 0 bridgehead atoms. The van der Waals surface area contributed by atoms with Gasteiger partial charge in [-0.2, -0.15) is 4.98 Å². The van der Waals surface area contributed by atoms with Gasteiger partial charge in [0.25, 0.3) is 5.91 Å². The van der Waals surface area contributed by atoms with Crippen LogP contribution in [0.15, 0.2) is 77.3 Å². The third-order valence-corrected chi connectivity index (χ3v) is 4.91. The molecule has 6 nitrogen and oxygen atoms in total. The monoisotopic (exact) mass is 401 g/mol. The molecule has 0 unspecified atom stereocenters. The number of benzene rings is 3. The Labute approximate surface area is 175 Å². The minimum absolute atomic E-state index is 0.134. The van der Waals surface area contributed by atoms with Crippen LogP contribution in [0.25, 0.3) is 22.2 Å². The van der Waals surface area contributed by atoms with Gasteiger partial charge in [0.2, 0.25) is 11.7 Å². The van der Waals surface area contributed by atoms with E-state index in [2.05, 4.69) is 10.1 Å². The topological polar surface area (TPSA) is 68.5 Å². The number of carbonyl (C=O) groups excluding carboxylic acids is 1. The predicted octanol–water partition coefficient (Wildman–Crippen LogP) is 4.71. The smallest absolute Gasteiger partial charge is 0.263 e. The zero-order valence-corrected chi connectivity index (χ0v) is 17.0. The van der Waals surface area contributed by atoms with Crippen molar-refractivity contribution in [3.63, 3.8) is 0 Å². The minimum atomic E-state index is -0.600. The first-order valence-electron chi connectivity index (χ1n) is 9.93. The van der Waals surface area contributed by atoms with Gasteiger partial charge in [-0.05, 0) is 17.9 Å². The second kappa shape index (κ2) is 8.78. The summed E-state index contributed by atoms with van der Waals surface area (Å²) < 4.78 is 11.4. The van der Waals surface area contributed by atoms with Gasteiger partial charge in [-0.3, -0.25) is 4.79 Å². The van der Waals surface area contributed by atoms with Crippen molar-refractivity contribution in [2.45, 2.75) is 26.0 Å². The second-order valence-corrected chi connectivity index (χ2v) is 7.06. The third kappa shape index (κ3) is 4.17. The number of aromatic nitrogens is 2. The van der Waals surface area contributed by atoms with Gasteiger partial charge in [-0.15, -0.1) is 0 Å². The first-order chi connectivity index (χ1) is 14.7. The lowest BCUT2D eigenvalue weighted by Crippen LogP contribution is -2.39. The summed E-state index contributed by atoms with van der Waals surface area (Å²) in [4.78, 5) is 19.0. The molecule has 0 aliphatic carbocycles. The fraction of sp³-hybridized carbons (Fsp3) is 0.208. The Morgan fingerprint density at radius 3 is 2.57 bits per heavy atom. The van der Waals surface area contributed by atoms with E-state index in [1.807, 2.05) is 79.7 Å². The number of rotatable bonds is 7. The number of ether oxygens (including phenoxy) is 1. The molecule has 0 saturated carbocycles. The van der Waals surface area contributed by atoms with Crippen LogP contribution >= 0.6 is 0 Å². The summed E-state index contributed by atoms with van der Waals surface area (Å²) in [6.07, 6.45) is -0.0526. The SMILES string of the molecule is CC[C@@H](Oc1cccc2ccccc12)C(=O)N(C)Cc1nc(-c2ccccc2)no1. The lowest BCUT2D eigenvalue weighted by molar-refractivity contribution is -0.138. The molecular formula is C24H23N3O3. The van der Waals surface area contributed by atoms with Gasteiger partial charge in [0.15, 0.2) is 6.10 Å². The van der Waals surface area contributed by atoms with Crippen LogP contribution in [0.1, 0.15) is 19.2 Å². The molecule has 152 valence electrons. The number of likely N-dealkylation sites (N-methyl/N-ethyl adjacent to an activating group) is 1. The Balaban J connectivity index is 1.46. The normalized spacial score (nSPS) is 11.9. The summed E-state index contributed by atoms with van der Waals surface area (Å²) in [5, 5.41) is 6.07. The van der Waals surface area contributed by atoms with Crippen LogP contribution in [0.2, 0.25) is 0 Å². The Kier molecular flexibility index (Phi) is 5.75. The van der Waals surface area contributed by atoms with Crippen LogP contribution in [-0.4, -0.2) is 34.1 Å². The highest BCUT2D eigenvalue weighted by atomic mass is 16.5. The first kappa shape index (κ1) is 19.6. The van der Waals surface area contributed by atoms with Crippen LogP contribution in [0.4, 0.5) is 0 Å². The number of nitrogens with zero attached hydrogens (tertiary/aromatic N) is 3. The molecule has 0 aliphatic heterocycles. The van der Waals surface area contributed by atoms with Crippen molar-refractivity contribution in [2.75, 3.05) is 7.05 Å². The average Bonchev–Trinajstić information content (AvgIpc) is 3.26. The molecular weight excluding hydrogens is 378 g/mol. The van der Waals surface area contributed by atoms with Crippen molar-refractivity contribution < 1.29 is 14.1 Å². The number of hydrogen-bond acceptors (Lipinski definition) is 5. The molecule has 1 atom stereocenters. The second-order valence-electron chi connectivity index (χ2n) is 7.06. The van der Waals surface area contributed by atoms with Crippen molar-refractivity contribution in [1.82, 2.24) is 15.0 Å². The zero-order valence-electron chi connectivity index (χ0n) is 17.0. The van der Waals surface area contributed by atoms with E-state index in [4.69, 9.17) is 9.26 Å². The average molecular weight is 401 g/mol. The summed E-state index contributed by atoms with van der Waals surface area (Å²) >= 11 is 0. The standard InChI is InChI=1S/C24H23N3O3/c1-3-20(29-21-15-9-13-17-10-7-8-14-19(17)21)24(28)27(2)16-22-25-23(26-30-22)18-11-5-4-6-12-18/h4-15,20H,3,16H2,1-2H3/t20-/m1/s1. The highest BCUT2D eigenvalue weighted by Crippen LogP contribution is 2.27. The molecule has 30 heavy (non-hydrogen) atoms. The molecule has 0 aliphatic rings. The van der Waals surface area contributed by atoms with Crippen LogP contribution in [-0.2, 0) is 11.3 Å². The molecule has 0 N–H and O–H groups in total. The lowest BCUT2D eigenvalue weighted by atomic mass is 10.1. The zero-order chi connectivity index (χ0) is 20.9. The van der Waals surface area contributed by atoms with Gasteiger partial charge < -0.3 is 14.2 Å². The van der Waals surface area contributed by atoms with Gasteiger partial charge in [0.05, 0.1) is 6.54 Å². The highest BCUT2D eigenvalue weighted by Gasteiger charge is 2.24. The fourth-order valence-electron chi connectivity index (χ4n) is 3.31. The summed E-state index contributed by atoms with van der Waals surface area (Å²) in [6, 6.07) is 23.4. The van der Waals surface area contributed by atoms with E-state index in [1.54, 1.807) is 11.9 Å². The Morgan fingerprint density at radius 2 is 1.77 bits per heavy atom. The quantitative estimate of drug-likeness (QED) is 0.449. The first-order valence-corrected chi connectivity index (χ1v) is 9.93. The molecule has 0 spiro atoms. The Hall–Kier alpha value is -3.67. The van der Waals surface area contributed by atoms with Crippen molar-refractivity contribution >= 4 is 16.7 Å². The fourth-order valence-corrected chi connectivity index (χ4v) is 3.31. The van der Waals surface area contributed by atoms with E-state index in [-0.39, 0.29) is 12.5 Å². The Bertz CT molecular complexity index is 1140. The van der Waals surface area contributed by atoms with E-state index in [9.17, 15) is 4.79 Å².